The molecule has 4 heteroatoms. The smallest absolute Gasteiger partial charge is 0.328 e. The van der Waals surface area contributed by atoms with E-state index in [1.165, 1.54) is 0 Å². The number of nitrogens with two attached hydrogens (primary N) is 1. The second-order valence-corrected chi connectivity index (χ2v) is 5.88. The molecule has 4 nitrogen and oxygen atoms in total. The van der Waals surface area contributed by atoms with Gasteiger partial charge in [-0.2, -0.15) is 0 Å². The van der Waals surface area contributed by atoms with Crippen molar-refractivity contribution in [1.29, 1.82) is 0 Å². The van der Waals surface area contributed by atoms with Crippen molar-refractivity contribution in [2.24, 2.45) is 5.73 Å². The van der Waals surface area contributed by atoms with Gasteiger partial charge in [-0.25, -0.2) is 4.79 Å². The Hall–Kier alpha value is -3.11. The number of rotatable bonds is 6. The van der Waals surface area contributed by atoms with Crippen LogP contribution in [-0.4, -0.2) is 11.1 Å². The van der Waals surface area contributed by atoms with E-state index < -0.39 is 11.5 Å². The largest absolute Gasteiger partial charge is 0.480 e. The minimum Gasteiger partial charge on any atom is -0.480 e. The standard InChI is InChI=1S/C21H19NO3/c22-21(20(23)24,17-7-3-1-4-8-17)15-16-11-13-19(14-12-16)25-18-9-5-2-6-10-18/h1-14H,15,22H2,(H,23,24)/t21-/m0/s1. The summed E-state index contributed by atoms with van der Waals surface area (Å²) in [6.45, 7) is 0. The lowest BCUT2D eigenvalue weighted by atomic mass is 9.85. The highest BCUT2D eigenvalue weighted by Gasteiger charge is 2.36. The van der Waals surface area contributed by atoms with E-state index in [1.54, 1.807) is 24.3 Å². The molecule has 0 bridgehead atoms. The fraction of sp³-hybridized carbons (Fsp3) is 0.0952. The highest BCUT2D eigenvalue weighted by molar-refractivity contribution is 5.81. The fourth-order valence-corrected chi connectivity index (χ4v) is 2.66. The van der Waals surface area contributed by atoms with Crippen LogP contribution in [0.2, 0.25) is 0 Å². The van der Waals surface area contributed by atoms with Crippen LogP contribution in [0.3, 0.4) is 0 Å². The first kappa shape index (κ1) is 16.7. The van der Waals surface area contributed by atoms with Crippen molar-refractivity contribution in [2.45, 2.75) is 12.0 Å². The third kappa shape index (κ3) is 3.87. The van der Waals surface area contributed by atoms with E-state index in [9.17, 15) is 9.90 Å². The molecule has 0 amide bonds. The maximum atomic E-state index is 11.8. The summed E-state index contributed by atoms with van der Waals surface area (Å²) in [5.74, 6) is 0.383. The lowest BCUT2D eigenvalue weighted by molar-refractivity contribution is -0.143. The molecule has 3 rings (SSSR count). The summed E-state index contributed by atoms with van der Waals surface area (Å²) in [6, 6.07) is 25.7. The Kier molecular flexibility index (Phi) is 4.82. The molecule has 0 unspecified atom stereocenters. The van der Waals surface area contributed by atoms with Gasteiger partial charge in [0, 0.05) is 6.42 Å². The van der Waals surface area contributed by atoms with Gasteiger partial charge in [0.1, 0.15) is 17.0 Å². The number of hydrogen-bond acceptors (Lipinski definition) is 3. The zero-order valence-corrected chi connectivity index (χ0v) is 13.6. The van der Waals surface area contributed by atoms with Crippen LogP contribution in [0.5, 0.6) is 11.5 Å². The number of carboxylic acids is 1. The molecule has 1 atom stereocenters. The van der Waals surface area contributed by atoms with Crippen molar-refractivity contribution in [3.63, 3.8) is 0 Å². The third-order valence-electron chi connectivity index (χ3n) is 4.06. The van der Waals surface area contributed by atoms with Gasteiger partial charge >= 0.3 is 5.97 Å². The first-order valence-electron chi connectivity index (χ1n) is 7.97. The summed E-state index contributed by atoms with van der Waals surface area (Å²) >= 11 is 0. The number of aliphatic carboxylic acids is 1. The molecule has 3 aromatic carbocycles. The van der Waals surface area contributed by atoms with Crippen LogP contribution in [0.1, 0.15) is 11.1 Å². The SMILES string of the molecule is N[C@](Cc1ccc(Oc2ccccc2)cc1)(C(=O)O)c1ccccc1. The van der Waals surface area contributed by atoms with Crippen LogP contribution in [0, 0.1) is 0 Å². The Balaban J connectivity index is 1.78. The van der Waals surface area contributed by atoms with Gasteiger partial charge in [-0.1, -0.05) is 60.7 Å². The van der Waals surface area contributed by atoms with Crippen molar-refractivity contribution in [2.75, 3.05) is 0 Å². The van der Waals surface area contributed by atoms with Gasteiger partial charge in [0.05, 0.1) is 0 Å². The van der Waals surface area contributed by atoms with Crippen LogP contribution in [0.4, 0.5) is 0 Å². The van der Waals surface area contributed by atoms with Crippen LogP contribution < -0.4 is 10.5 Å². The predicted molar refractivity (Wildman–Crippen MR) is 96.6 cm³/mol. The van der Waals surface area contributed by atoms with E-state index in [-0.39, 0.29) is 6.42 Å². The number of hydrogen-bond donors (Lipinski definition) is 2. The van der Waals surface area contributed by atoms with E-state index in [0.717, 1.165) is 11.3 Å². The van der Waals surface area contributed by atoms with E-state index in [4.69, 9.17) is 10.5 Å². The highest BCUT2D eigenvalue weighted by atomic mass is 16.5. The van der Waals surface area contributed by atoms with Gasteiger partial charge in [0.25, 0.3) is 0 Å². The van der Waals surface area contributed by atoms with Crippen LogP contribution in [0.15, 0.2) is 84.9 Å². The zero-order chi connectivity index (χ0) is 17.7. The quantitative estimate of drug-likeness (QED) is 0.716. The molecule has 3 aromatic rings. The van der Waals surface area contributed by atoms with E-state index in [2.05, 4.69) is 0 Å². The fourth-order valence-electron chi connectivity index (χ4n) is 2.66. The summed E-state index contributed by atoms with van der Waals surface area (Å²) in [4.78, 5) is 11.8. The lowest BCUT2D eigenvalue weighted by Gasteiger charge is -2.25. The monoisotopic (exact) mass is 333 g/mol. The van der Waals surface area contributed by atoms with E-state index in [1.807, 2.05) is 60.7 Å². The molecule has 0 aromatic heterocycles. The number of para-hydroxylation sites is 1. The molecule has 0 aliphatic rings. The minimum atomic E-state index is -1.47. The Labute approximate surface area is 146 Å². The third-order valence-corrected chi connectivity index (χ3v) is 4.06. The second kappa shape index (κ2) is 7.20. The molecule has 0 saturated heterocycles. The normalized spacial score (nSPS) is 13.0. The number of benzene rings is 3. The molecule has 0 spiro atoms. The van der Waals surface area contributed by atoms with Crippen molar-refractivity contribution in [3.8, 4) is 11.5 Å². The average molecular weight is 333 g/mol. The Morgan fingerprint density at radius 2 is 1.36 bits per heavy atom. The number of carboxylic acid groups (broad SMARTS) is 1. The molecule has 0 fully saturated rings. The van der Waals surface area contributed by atoms with Gasteiger partial charge in [-0.05, 0) is 35.4 Å². The average Bonchev–Trinajstić information content (AvgIpc) is 2.65. The second-order valence-electron chi connectivity index (χ2n) is 5.88. The summed E-state index contributed by atoms with van der Waals surface area (Å²) in [5, 5.41) is 9.65. The maximum absolute atomic E-state index is 11.8. The molecular weight excluding hydrogens is 314 g/mol. The Morgan fingerprint density at radius 1 is 0.840 bits per heavy atom. The first-order valence-corrected chi connectivity index (χ1v) is 7.97. The van der Waals surface area contributed by atoms with Gasteiger partial charge in [0.2, 0.25) is 0 Å². The van der Waals surface area contributed by atoms with Crippen LogP contribution in [0.25, 0.3) is 0 Å². The maximum Gasteiger partial charge on any atom is 0.328 e. The molecule has 126 valence electrons. The molecule has 25 heavy (non-hydrogen) atoms. The van der Waals surface area contributed by atoms with Gasteiger partial charge in [0.15, 0.2) is 0 Å². The molecule has 0 radical (unpaired) electrons. The molecule has 0 saturated carbocycles. The topological polar surface area (TPSA) is 72.5 Å². The van der Waals surface area contributed by atoms with Gasteiger partial charge < -0.3 is 15.6 Å². The van der Waals surface area contributed by atoms with Gasteiger partial charge in [-0.3, -0.25) is 0 Å². The molecule has 3 N–H and O–H groups in total. The minimum absolute atomic E-state index is 0.192. The van der Waals surface area contributed by atoms with Crippen molar-refractivity contribution < 1.29 is 14.6 Å². The first-order chi connectivity index (χ1) is 12.1. The summed E-state index contributed by atoms with van der Waals surface area (Å²) < 4.78 is 5.75. The molecule has 0 aliphatic heterocycles. The number of ether oxygens (including phenoxy) is 1. The van der Waals surface area contributed by atoms with Crippen LogP contribution in [-0.2, 0) is 16.8 Å². The van der Waals surface area contributed by atoms with Crippen LogP contribution >= 0.6 is 0 Å². The Morgan fingerprint density at radius 3 is 1.92 bits per heavy atom. The molecule has 0 heterocycles. The van der Waals surface area contributed by atoms with Crippen molar-refractivity contribution in [1.82, 2.24) is 0 Å². The predicted octanol–water partition coefficient (Wildman–Crippen LogP) is 3.96. The summed E-state index contributed by atoms with van der Waals surface area (Å²) in [5.41, 5.74) is 6.16. The van der Waals surface area contributed by atoms with E-state index in [0.29, 0.717) is 11.3 Å². The Bertz CT molecular complexity index is 832. The highest BCUT2D eigenvalue weighted by Crippen LogP contribution is 2.26. The lowest BCUT2D eigenvalue weighted by Crippen LogP contribution is -2.46. The number of carbonyl (C=O) groups is 1. The van der Waals surface area contributed by atoms with Crippen molar-refractivity contribution >= 4 is 5.97 Å². The molecular formula is C21H19NO3. The molecule has 0 aliphatic carbocycles. The van der Waals surface area contributed by atoms with Crippen molar-refractivity contribution in [3.05, 3.63) is 96.1 Å². The van der Waals surface area contributed by atoms with E-state index >= 15 is 0 Å². The summed E-state index contributed by atoms with van der Waals surface area (Å²) in [6.07, 6.45) is 0.192. The summed E-state index contributed by atoms with van der Waals surface area (Å²) in [7, 11) is 0. The van der Waals surface area contributed by atoms with Gasteiger partial charge in [-0.15, -0.1) is 0 Å². The zero-order valence-electron chi connectivity index (χ0n) is 13.6.